The normalized spacial score (nSPS) is 14.6. The van der Waals surface area contributed by atoms with Crippen LogP contribution >= 0.6 is 11.3 Å². The summed E-state index contributed by atoms with van der Waals surface area (Å²) in [6.45, 7) is 2.05. The first-order valence-electron chi connectivity index (χ1n) is 12.5. The highest BCUT2D eigenvalue weighted by Crippen LogP contribution is 2.50. The van der Waals surface area contributed by atoms with Gasteiger partial charge in [-0.15, -0.1) is 16.4 Å². The molecule has 0 radical (unpaired) electrons. The molecule has 9 heteroatoms. The van der Waals surface area contributed by atoms with Gasteiger partial charge in [0.1, 0.15) is 17.8 Å². The molecule has 3 aromatic heterocycles. The zero-order valence-electron chi connectivity index (χ0n) is 21.2. The van der Waals surface area contributed by atoms with E-state index in [0.717, 1.165) is 49.6 Å². The smallest absolute Gasteiger partial charge is 0.228 e. The maximum Gasteiger partial charge on any atom is 0.228 e. The summed E-state index contributed by atoms with van der Waals surface area (Å²) in [6.07, 6.45) is 1.63. The maximum absolute atomic E-state index is 6.38. The number of ether oxygens (including phenoxy) is 2. The minimum absolute atomic E-state index is 0.132. The van der Waals surface area contributed by atoms with Crippen molar-refractivity contribution in [1.82, 2.24) is 19.6 Å². The molecule has 1 aliphatic rings. The molecule has 0 N–H and O–H groups in total. The average molecular weight is 534 g/mol. The van der Waals surface area contributed by atoms with Crippen LogP contribution in [0.2, 0.25) is 0 Å². The van der Waals surface area contributed by atoms with Crippen molar-refractivity contribution in [2.45, 2.75) is 19.4 Å². The zero-order chi connectivity index (χ0) is 26.3. The molecule has 4 heterocycles. The van der Waals surface area contributed by atoms with Crippen LogP contribution in [0.5, 0.6) is 17.4 Å². The molecular weight excluding hydrogens is 510 g/mol. The monoisotopic (exact) mass is 533 g/mol. The predicted molar refractivity (Wildman–Crippen MR) is 150 cm³/mol. The van der Waals surface area contributed by atoms with Crippen molar-refractivity contribution in [2.24, 2.45) is 5.16 Å². The van der Waals surface area contributed by atoms with Crippen LogP contribution in [0.25, 0.3) is 16.4 Å². The van der Waals surface area contributed by atoms with Gasteiger partial charge in [0.05, 0.1) is 23.3 Å². The zero-order valence-corrected chi connectivity index (χ0v) is 22.1. The summed E-state index contributed by atoms with van der Waals surface area (Å²) in [5.41, 5.74) is 4.47. The Kier molecular flexibility index (Phi) is 5.70. The van der Waals surface area contributed by atoms with Crippen molar-refractivity contribution < 1.29 is 14.3 Å². The van der Waals surface area contributed by atoms with Crippen molar-refractivity contribution in [3.63, 3.8) is 0 Å². The molecule has 192 valence electrons. The summed E-state index contributed by atoms with van der Waals surface area (Å²) in [5.74, 6) is 2.40. The second-order valence-corrected chi connectivity index (χ2v) is 10.1. The second-order valence-electron chi connectivity index (χ2n) is 9.19. The van der Waals surface area contributed by atoms with Gasteiger partial charge < -0.3 is 14.3 Å². The Labute approximate surface area is 228 Å². The Bertz CT molecular complexity index is 1850. The van der Waals surface area contributed by atoms with Gasteiger partial charge in [0.2, 0.25) is 5.88 Å². The van der Waals surface area contributed by atoms with Crippen molar-refractivity contribution >= 4 is 33.5 Å². The summed E-state index contributed by atoms with van der Waals surface area (Å²) < 4.78 is 13.5. The molecule has 0 bridgehead atoms. The molecule has 0 amide bonds. The number of benzene rings is 3. The number of rotatable bonds is 6. The summed E-state index contributed by atoms with van der Waals surface area (Å²) >= 11 is 1.62. The Hall–Kier alpha value is -4.76. The quantitative estimate of drug-likeness (QED) is 0.178. The van der Waals surface area contributed by atoms with Crippen molar-refractivity contribution in [3.05, 3.63) is 112 Å². The molecular formula is C30H23N5O3S. The number of aromatic nitrogens is 4. The molecule has 8 nitrogen and oxygen atoms in total. The molecule has 6 aromatic rings. The van der Waals surface area contributed by atoms with Crippen LogP contribution in [0.15, 0.2) is 89.7 Å². The van der Waals surface area contributed by atoms with Crippen LogP contribution < -0.4 is 9.47 Å². The molecule has 0 aliphatic carbocycles. The van der Waals surface area contributed by atoms with Crippen LogP contribution in [0.1, 0.15) is 40.2 Å². The van der Waals surface area contributed by atoms with Crippen LogP contribution in [-0.2, 0) is 11.4 Å². The molecule has 0 spiro atoms. The fraction of sp³-hybridized carbons (Fsp3) is 0.133. The van der Waals surface area contributed by atoms with E-state index in [2.05, 4.69) is 45.6 Å². The lowest BCUT2D eigenvalue weighted by Crippen LogP contribution is -2.15. The van der Waals surface area contributed by atoms with E-state index in [0.29, 0.717) is 17.4 Å². The summed E-state index contributed by atoms with van der Waals surface area (Å²) in [5, 5.41) is 13.1. The molecule has 3 aromatic carbocycles. The van der Waals surface area contributed by atoms with Crippen molar-refractivity contribution in [1.29, 1.82) is 0 Å². The summed E-state index contributed by atoms with van der Waals surface area (Å²) in [7, 11) is 1.67. The van der Waals surface area contributed by atoms with E-state index in [4.69, 9.17) is 19.3 Å². The number of thiophene rings is 1. The van der Waals surface area contributed by atoms with Gasteiger partial charge in [-0.2, -0.15) is 0 Å². The topological polar surface area (TPSA) is 83.1 Å². The van der Waals surface area contributed by atoms with Crippen LogP contribution in [0.3, 0.4) is 0 Å². The fourth-order valence-corrected chi connectivity index (χ4v) is 5.72. The van der Waals surface area contributed by atoms with Crippen molar-refractivity contribution in [3.8, 4) is 17.4 Å². The van der Waals surface area contributed by atoms with Gasteiger partial charge in [-0.3, -0.25) is 0 Å². The largest absolute Gasteiger partial charge is 0.497 e. The summed E-state index contributed by atoms with van der Waals surface area (Å²) in [4.78, 5) is 16.2. The lowest BCUT2D eigenvalue weighted by atomic mass is 9.81. The molecule has 39 heavy (non-hydrogen) atoms. The molecule has 0 saturated carbocycles. The number of hydrogen-bond donors (Lipinski definition) is 0. The Morgan fingerprint density at radius 3 is 2.72 bits per heavy atom. The van der Waals surface area contributed by atoms with Gasteiger partial charge in [-0.25, -0.2) is 14.5 Å². The van der Waals surface area contributed by atoms with E-state index in [1.165, 1.54) is 0 Å². The van der Waals surface area contributed by atoms with E-state index in [1.54, 1.807) is 29.3 Å². The van der Waals surface area contributed by atoms with Crippen LogP contribution in [0, 0.1) is 0 Å². The molecule has 1 atom stereocenters. The third-order valence-corrected chi connectivity index (χ3v) is 7.85. The predicted octanol–water partition coefficient (Wildman–Crippen LogP) is 6.57. The Balaban J connectivity index is 1.35. The highest BCUT2D eigenvalue weighted by atomic mass is 32.1. The molecule has 0 fully saturated rings. The van der Waals surface area contributed by atoms with Crippen LogP contribution in [0.4, 0.5) is 0 Å². The van der Waals surface area contributed by atoms with Gasteiger partial charge in [-0.1, -0.05) is 53.7 Å². The number of hydrogen-bond acceptors (Lipinski definition) is 8. The number of nitrogens with zero attached hydrogens (tertiary/aromatic N) is 5. The number of fused-ring (bicyclic) bond motifs is 6. The Morgan fingerprint density at radius 2 is 1.90 bits per heavy atom. The standard InChI is InChI=1S/C30H23N5O3S/c1-18(24-8-5-15-39-24)34-37-16-25-32-29-28-26(20-9-12-21(36-2)13-10-20)27-22-7-4-3-6-19(22)11-14-23(27)38-30(28)31-17-35(29)33-25/h3-15,17,26H,16H2,1-2H3. The average Bonchev–Trinajstić information content (AvgIpc) is 3.66. The van der Waals surface area contributed by atoms with E-state index in [1.807, 2.05) is 54.8 Å². The summed E-state index contributed by atoms with van der Waals surface area (Å²) in [6, 6.07) is 24.5. The van der Waals surface area contributed by atoms with E-state index >= 15 is 0 Å². The van der Waals surface area contributed by atoms with Gasteiger partial charge in [0.15, 0.2) is 18.1 Å². The van der Waals surface area contributed by atoms with Gasteiger partial charge in [0.25, 0.3) is 0 Å². The molecule has 1 unspecified atom stereocenters. The fourth-order valence-electron chi connectivity index (χ4n) is 5.06. The first kappa shape index (κ1) is 23.4. The van der Waals surface area contributed by atoms with Gasteiger partial charge in [0, 0.05) is 11.5 Å². The highest BCUT2D eigenvalue weighted by molar-refractivity contribution is 7.12. The third-order valence-electron chi connectivity index (χ3n) is 6.87. The molecule has 7 rings (SSSR count). The second kappa shape index (κ2) is 9.52. The Morgan fingerprint density at radius 1 is 1.03 bits per heavy atom. The van der Waals surface area contributed by atoms with Crippen molar-refractivity contribution in [2.75, 3.05) is 7.11 Å². The lowest BCUT2D eigenvalue weighted by molar-refractivity contribution is 0.125. The first-order valence-corrected chi connectivity index (χ1v) is 13.4. The SMILES string of the molecule is COc1ccc(C2c3c(ccc4ccccc34)Oc3ncn4nc(CON=C(C)c5cccs5)nc4c32)cc1. The minimum Gasteiger partial charge on any atom is -0.497 e. The van der Waals surface area contributed by atoms with Crippen LogP contribution in [-0.4, -0.2) is 32.4 Å². The minimum atomic E-state index is -0.186. The highest BCUT2D eigenvalue weighted by Gasteiger charge is 2.34. The van der Waals surface area contributed by atoms with Gasteiger partial charge in [-0.05, 0) is 52.9 Å². The molecule has 0 saturated heterocycles. The molecule has 1 aliphatic heterocycles. The maximum atomic E-state index is 6.38. The van der Waals surface area contributed by atoms with E-state index in [9.17, 15) is 0 Å². The van der Waals surface area contributed by atoms with Gasteiger partial charge >= 0.3 is 0 Å². The lowest BCUT2D eigenvalue weighted by Gasteiger charge is -2.29. The number of methoxy groups -OCH3 is 1. The van der Waals surface area contributed by atoms with E-state index < -0.39 is 0 Å². The van der Waals surface area contributed by atoms with E-state index in [-0.39, 0.29) is 12.5 Å². The number of oxime groups is 1. The third kappa shape index (κ3) is 4.07. The first-order chi connectivity index (χ1) is 19.2.